The summed E-state index contributed by atoms with van der Waals surface area (Å²) in [6, 6.07) is 2.49. The van der Waals surface area contributed by atoms with Crippen LogP contribution in [-0.4, -0.2) is 17.5 Å². The Morgan fingerprint density at radius 3 is 3.06 bits per heavy atom. The molecule has 2 rings (SSSR count). The van der Waals surface area contributed by atoms with Crippen molar-refractivity contribution >= 4 is 34.7 Å². The molecule has 1 aromatic heterocycles. The number of thioether (sulfide) groups is 1. The highest BCUT2D eigenvalue weighted by Crippen LogP contribution is 2.27. The van der Waals surface area contributed by atoms with Crippen LogP contribution >= 0.6 is 34.7 Å². The van der Waals surface area contributed by atoms with E-state index in [4.69, 9.17) is 11.6 Å². The van der Waals surface area contributed by atoms with Crippen LogP contribution < -0.4 is 5.32 Å². The van der Waals surface area contributed by atoms with Crippen molar-refractivity contribution in [2.75, 3.05) is 12.3 Å². The average Bonchev–Trinajstić information content (AvgIpc) is 2.74. The van der Waals surface area contributed by atoms with Gasteiger partial charge in [0.25, 0.3) is 0 Å². The molecular weight excluding hydrogens is 258 g/mol. The van der Waals surface area contributed by atoms with E-state index in [0.717, 1.165) is 16.1 Å². The molecule has 0 aliphatic carbocycles. The van der Waals surface area contributed by atoms with Gasteiger partial charge in [-0.15, -0.1) is 11.3 Å². The molecule has 1 aliphatic heterocycles. The summed E-state index contributed by atoms with van der Waals surface area (Å²) in [7, 11) is 0. The SMILES string of the molecule is CC(NCC1CCCCS1)c1csc(Cl)c1. The lowest BCUT2D eigenvalue weighted by Crippen LogP contribution is -2.28. The van der Waals surface area contributed by atoms with E-state index in [-0.39, 0.29) is 0 Å². The standard InChI is InChI=1S/C12H18ClNS2/c1-9(10-6-12(13)16-8-10)14-7-11-4-2-3-5-15-11/h6,8-9,11,14H,2-5,7H2,1H3. The van der Waals surface area contributed by atoms with Crippen molar-refractivity contribution in [3.05, 3.63) is 21.3 Å². The summed E-state index contributed by atoms with van der Waals surface area (Å²) in [6.45, 7) is 3.34. The molecule has 16 heavy (non-hydrogen) atoms. The third-order valence-electron chi connectivity index (χ3n) is 3.01. The fourth-order valence-corrected chi connectivity index (χ4v) is 4.18. The van der Waals surface area contributed by atoms with Crippen LogP contribution in [0, 0.1) is 0 Å². The molecule has 1 fully saturated rings. The molecule has 0 bridgehead atoms. The van der Waals surface area contributed by atoms with Crippen molar-refractivity contribution in [3.8, 4) is 0 Å². The number of nitrogens with one attached hydrogen (secondary N) is 1. The molecule has 1 aromatic rings. The van der Waals surface area contributed by atoms with Gasteiger partial charge < -0.3 is 5.32 Å². The van der Waals surface area contributed by atoms with Crippen LogP contribution in [0.1, 0.15) is 37.8 Å². The third-order valence-corrected chi connectivity index (χ3v) is 5.52. The average molecular weight is 276 g/mol. The maximum atomic E-state index is 5.94. The summed E-state index contributed by atoms with van der Waals surface area (Å²) < 4.78 is 0.885. The Balaban J connectivity index is 1.76. The third kappa shape index (κ3) is 3.66. The first-order valence-corrected chi connectivity index (χ1v) is 8.15. The molecule has 2 heterocycles. The van der Waals surface area contributed by atoms with E-state index < -0.39 is 0 Å². The van der Waals surface area contributed by atoms with Crippen molar-refractivity contribution in [1.29, 1.82) is 0 Å². The topological polar surface area (TPSA) is 12.0 Å². The smallest absolute Gasteiger partial charge is 0.0931 e. The molecule has 0 amide bonds. The Labute approximate surface area is 111 Å². The molecule has 0 radical (unpaired) electrons. The summed E-state index contributed by atoms with van der Waals surface area (Å²) >= 11 is 9.67. The quantitative estimate of drug-likeness (QED) is 0.877. The molecule has 1 N–H and O–H groups in total. The number of halogens is 1. The Morgan fingerprint density at radius 2 is 2.44 bits per heavy atom. The summed E-state index contributed by atoms with van der Waals surface area (Å²) in [5, 5.41) is 6.57. The van der Waals surface area contributed by atoms with Crippen LogP contribution in [-0.2, 0) is 0 Å². The zero-order valence-corrected chi connectivity index (χ0v) is 11.9. The lowest BCUT2D eigenvalue weighted by Gasteiger charge is -2.23. The van der Waals surface area contributed by atoms with Gasteiger partial charge in [-0.05, 0) is 42.5 Å². The summed E-state index contributed by atoms with van der Waals surface area (Å²) in [6.07, 6.45) is 4.17. The minimum atomic E-state index is 0.422. The van der Waals surface area contributed by atoms with Gasteiger partial charge in [-0.3, -0.25) is 0 Å². The van der Waals surface area contributed by atoms with Crippen molar-refractivity contribution in [2.45, 2.75) is 37.5 Å². The largest absolute Gasteiger partial charge is 0.309 e. The fraction of sp³-hybridized carbons (Fsp3) is 0.667. The molecule has 1 saturated heterocycles. The van der Waals surface area contributed by atoms with E-state index in [2.05, 4.69) is 35.4 Å². The first-order valence-electron chi connectivity index (χ1n) is 5.84. The van der Waals surface area contributed by atoms with Crippen LogP contribution in [0.15, 0.2) is 11.4 Å². The first kappa shape index (κ1) is 12.7. The van der Waals surface area contributed by atoms with Gasteiger partial charge in [-0.25, -0.2) is 0 Å². The minimum Gasteiger partial charge on any atom is -0.309 e. The van der Waals surface area contributed by atoms with Gasteiger partial charge >= 0.3 is 0 Å². The summed E-state index contributed by atoms with van der Waals surface area (Å²) in [5.41, 5.74) is 1.32. The lowest BCUT2D eigenvalue weighted by molar-refractivity contribution is 0.539. The Kier molecular flexibility index (Phi) is 5.01. The maximum absolute atomic E-state index is 5.94. The molecule has 1 nitrogen and oxygen atoms in total. The number of thiophene rings is 1. The van der Waals surface area contributed by atoms with Crippen molar-refractivity contribution < 1.29 is 0 Å². The fourth-order valence-electron chi connectivity index (χ4n) is 1.94. The summed E-state index contributed by atoms with van der Waals surface area (Å²) in [4.78, 5) is 0. The maximum Gasteiger partial charge on any atom is 0.0931 e. The van der Waals surface area contributed by atoms with Crippen LogP contribution in [0.4, 0.5) is 0 Å². The van der Waals surface area contributed by atoms with Gasteiger partial charge in [0.1, 0.15) is 0 Å². The van der Waals surface area contributed by atoms with E-state index in [1.165, 1.54) is 30.6 Å². The molecule has 0 spiro atoms. The predicted molar refractivity (Wildman–Crippen MR) is 75.8 cm³/mol. The van der Waals surface area contributed by atoms with Gasteiger partial charge in [0.05, 0.1) is 4.34 Å². The van der Waals surface area contributed by atoms with Crippen molar-refractivity contribution in [3.63, 3.8) is 0 Å². The minimum absolute atomic E-state index is 0.422. The lowest BCUT2D eigenvalue weighted by atomic mass is 10.1. The number of rotatable bonds is 4. The molecule has 90 valence electrons. The van der Waals surface area contributed by atoms with Crippen molar-refractivity contribution in [1.82, 2.24) is 5.32 Å². The highest BCUT2D eigenvalue weighted by molar-refractivity contribution is 7.99. The number of hydrogen-bond acceptors (Lipinski definition) is 3. The number of hydrogen-bond donors (Lipinski definition) is 1. The molecule has 1 aliphatic rings. The molecule has 4 heteroatoms. The highest BCUT2D eigenvalue weighted by Gasteiger charge is 2.15. The van der Waals surface area contributed by atoms with E-state index in [1.54, 1.807) is 11.3 Å². The van der Waals surface area contributed by atoms with Crippen LogP contribution in [0.3, 0.4) is 0 Å². The first-order chi connectivity index (χ1) is 7.75. The second kappa shape index (κ2) is 6.29. The van der Waals surface area contributed by atoms with Gasteiger partial charge in [-0.2, -0.15) is 11.8 Å². The Hall–Kier alpha value is 0.300. The zero-order chi connectivity index (χ0) is 11.4. The Bertz CT molecular complexity index is 321. The van der Waals surface area contributed by atoms with Crippen LogP contribution in [0.25, 0.3) is 0 Å². The van der Waals surface area contributed by atoms with E-state index in [1.807, 2.05) is 0 Å². The van der Waals surface area contributed by atoms with Crippen molar-refractivity contribution in [2.24, 2.45) is 0 Å². The van der Waals surface area contributed by atoms with Gasteiger partial charge in [0, 0.05) is 17.8 Å². The Morgan fingerprint density at radius 1 is 1.56 bits per heavy atom. The van der Waals surface area contributed by atoms with Gasteiger partial charge in [0.2, 0.25) is 0 Å². The summed E-state index contributed by atoms with van der Waals surface area (Å²) in [5.74, 6) is 1.34. The second-order valence-corrected chi connectivity index (χ2v) is 7.25. The molecule has 0 aromatic carbocycles. The van der Waals surface area contributed by atoms with Crippen LogP contribution in [0.2, 0.25) is 4.34 Å². The van der Waals surface area contributed by atoms with Gasteiger partial charge in [0.15, 0.2) is 0 Å². The predicted octanol–water partition coefficient (Wildman–Crippen LogP) is 4.34. The molecule has 2 atom stereocenters. The monoisotopic (exact) mass is 275 g/mol. The van der Waals surface area contributed by atoms with Gasteiger partial charge in [-0.1, -0.05) is 18.0 Å². The van der Waals surface area contributed by atoms with E-state index in [9.17, 15) is 0 Å². The molecule has 2 unspecified atom stereocenters. The highest BCUT2D eigenvalue weighted by atomic mass is 35.5. The zero-order valence-electron chi connectivity index (χ0n) is 9.54. The second-order valence-electron chi connectivity index (χ2n) is 4.30. The molecular formula is C12H18ClNS2. The molecule has 0 saturated carbocycles. The van der Waals surface area contributed by atoms with E-state index >= 15 is 0 Å². The van der Waals surface area contributed by atoms with Crippen LogP contribution in [0.5, 0.6) is 0 Å². The van der Waals surface area contributed by atoms with E-state index in [0.29, 0.717) is 6.04 Å². The normalized spacial score (nSPS) is 23.2.